The molecule has 0 bridgehead atoms. The molecule has 0 aliphatic carbocycles. The van der Waals surface area contributed by atoms with E-state index in [2.05, 4.69) is 52.9 Å². The molecule has 3 nitrogen and oxygen atoms in total. The lowest BCUT2D eigenvalue weighted by molar-refractivity contribution is 0.336. The summed E-state index contributed by atoms with van der Waals surface area (Å²) in [6.07, 6.45) is 2.09. The van der Waals surface area contributed by atoms with Gasteiger partial charge in [0.05, 0.1) is 17.8 Å². The van der Waals surface area contributed by atoms with Crippen LogP contribution < -0.4 is 4.74 Å². The minimum atomic E-state index is 0.631. The van der Waals surface area contributed by atoms with Crippen molar-refractivity contribution in [2.75, 3.05) is 13.2 Å². The van der Waals surface area contributed by atoms with Crippen molar-refractivity contribution in [3.8, 4) is 5.75 Å². The zero-order valence-electron chi connectivity index (χ0n) is 11.2. The molecule has 0 fully saturated rings. The van der Waals surface area contributed by atoms with Gasteiger partial charge in [-0.05, 0) is 22.2 Å². The summed E-state index contributed by atoms with van der Waals surface area (Å²) in [7, 11) is 0. The summed E-state index contributed by atoms with van der Waals surface area (Å²) in [5.41, 5.74) is 3.51. The molecule has 0 unspecified atom stereocenters. The SMILES string of the molecule is C1=CN2CC3=C(N=C2S1)c1c(ccc2ccccc12)OC3. The molecular formula is C17H12N2OS. The lowest BCUT2D eigenvalue weighted by atomic mass is 9.96. The van der Waals surface area contributed by atoms with E-state index >= 15 is 0 Å². The minimum absolute atomic E-state index is 0.631. The first-order valence-electron chi connectivity index (χ1n) is 6.96. The quantitative estimate of drug-likeness (QED) is 0.737. The molecule has 0 atom stereocenters. The molecule has 4 heteroatoms. The van der Waals surface area contributed by atoms with E-state index in [1.54, 1.807) is 11.8 Å². The van der Waals surface area contributed by atoms with Crippen molar-refractivity contribution >= 4 is 33.4 Å². The van der Waals surface area contributed by atoms with E-state index in [1.807, 2.05) is 0 Å². The van der Waals surface area contributed by atoms with E-state index in [4.69, 9.17) is 9.73 Å². The Morgan fingerprint density at radius 3 is 3.10 bits per heavy atom. The van der Waals surface area contributed by atoms with E-state index < -0.39 is 0 Å². The number of benzene rings is 2. The first-order chi connectivity index (χ1) is 10.4. The fourth-order valence-corrected chi connectivity index (χ4v) is 3.82. The Hall–Kier alpha value is -2.20. The van der Waals surface area contributed by atoms with E-state index in [1.165, 1.54) is 16.3 Å². The summed E-state index contributed by atoms with van der Waals surface area (Å²) in [4.78, 5) is 7.08. The third-order valence-corrected chi connectivity index (χ3v) is 4.89. The first kappa shape index (κ1) is 11.5. The van der Waals surface area contributed by atoms with Crippen molar-refractivity contribution in [3.63, 3.8) is 0 Å². The summed E-state index contributed by atoms with van der Waals surface area (Å²) >= 11 is 1.68. The lowest BCUT2D eigenvalue weighted by Crippen LogP contribution is -2.30. The van der Waals surface area contributed by atoms with Gasteiger partial charge in [0.15, 0.2) is 5.17 Å². The Kier molecular flexibility index (Phi) is 2.26. The van der Waals surface area contributed by atoms with Crippen molar-refractivity contribution < 1.29 is 4.74 Å². The number of ether oxygens (including phenoxy) is 1. The summed E-state index contributed by atoms with van der Waals surface area (Å²) < 4.78 is 5.96. The number of hydrogen-bond acceptors (Lipinski definition) is 4. The fourth-order valence-electron chi connectivity index (χ4n) is 3.09. The van der Waals surface area contributed by atoms with Gasteiger partial charge in [-0.2, -0.15) is 0 Å². The van der Waals surface area contributed by atoms with Gasteiger partial charge in [-0.3, -0.25) is 0 Å². The number of nitrogens with zero attached hydrogens (tertiary/aromatic N) is 2. The van der Waals surface area contributed by atoms with Gasteiger partial charge in [0.1, 0.15) is 12.4 Å². The largest absolute Gasteiger partial charge is 0.488 e. The average molecular weight is 292 g/mol. The topological polar surface area (TPSA) is 24.8 Å². The smallest absolute Gasteiger partial charge is 0.173 e. The van der Waals surface area contributed by atoms with Gasteiger partial charge >= 0.3 is 0 Å². The third-order valence-electron chi connectivity index (χ3n) is 4.09. The maximum absolute atomic E-state index is 5.96. The Morgan fingerprint density at radius 2 is 2.10 bits per heavy atom. The maximum atomic E-state index is 5.96. The molecule has 0 aromatic heterocycles. The van der Waals surface area contributed by atoms with Crippen LogP contribution in [0.3, 0.4) is 0 Å². The molecule has 0 saturated heterocycles. The highest BCUT2D eigenvalue weighted by Crippen LogP contribution is 2.42. The molecule has 0 radical (unpaired) electrons. The zero-order valence-corrected chi connectivity index (χ0v) is 12.1. The molecular weight excluding hydrogens is 280 g/mol. The van der Waals surface area contributed by atoms with Crippen LogP contribution in [0, 0.1) is 0 Å². The van der Waals surface area contributed by atoms with Gasteiger partial charge in [-0.25, -0.2) is 4.99 Å². The molecule has 2 aromatic rings. The highest BCUT2D eigenvalue weighted by Gasteiger charge is 2.29. The molecule has 102 valence electrons. The van der Waals surface area contributed by atoms with Crippen LogP contribution in [-0.2, 0) is 0 Å². The Bertz CT molecular complexity index is 866. The van der Waals surface area contributed by atoms with E-state index in [-0.39, 0.29) is 0 Å². The van der Waals surface area contributed by atoms with Crippen LogP contribution >= 0.6 is 11.8 Å². The number of fused-ring (bicyclic) bond motifs is 5. The van der Waals surface area contributed by atoms with Gasteiger partial charge in [0.25, 0.3) is 0 Å². The molecule has 0 spiro atoms. The van der Waals surface area contributed by atoms with Gasteiger partial charge < -0.3 is 9.64 Å². The maximum Gasteiger partial charge on any atom is 0.173 e. The molecule has 21 heavy (non-hydrogen) atoms. The van der Waals surface area contributed by atoms with Crippen LogP contribution in [0.5, 0.6) is 5.75 Å². The Morgan fingerprint density at radius 1 is 1.14 bits per heavy atom. The number of rotatable bonds is 0. The minimum Gasteiger partial charge on any atom is -0.488 e. The summed E-state index contributed by atoms with van der Waals surface area (Å²) in [5, 5.41) is 5.60. The van der Waals surface area contributed by atoms with Crippen molar-refractivity contribution in [2.45, 2.75) is 0 Å². The van der Waals surface area contributed by atoms with Crippen molar-refractivity contribution in [3.05, 3.63) is 59.1 Å². The summed E-state index contributed by atoms with van der Waals surface area (Å²) in [6.45, 7) is 1.51. The predicted molar refractivity (Wildman–Crippen MR) is 87.2 cm³/mol. The van der Waals surface area contributed by atoms with Crippen LogP contribution in [0.4, 0.5) is 0 Å². The first-order valence-corrected chi connectivity index (χ1v) is 7.84. The molecule has 0 saturated carbocycles. The number of amidine groups is 1. The summed E-state index contributed by atoms with van der Waals surface area (Å²) in [6, 6.07) is 12.6. The molecule has 3 aliphatic rings. The monoisotopic (exact) mass is 292 g/mol. The van der Waals surface area contributed by atoms with Crippen LogP contribution in [0.2, 0.25) is 0 Å². The van der Waals surface area contributed by atoms with Crippen LogP contribution in [0.15, 0.2) is 58.6 Å². The van der Waals surface area contributed by atoms with E-state index in [0.717, 1.165) is 28.7 Å². The Balaban J connectivity index is 1.80. The van der Waals surface area contributed by atoms with Crippen LogP contribution in [-0.4, -0.2) is 23.2 Å². The number of thioether (sulfide) groups is 1. The molecule has 3 aliphatic heterocycles. The third kappa shape index (κ3) is 1.59. The summed E-state index contributed by atoms with van der Waals surface area (Å²) in [5.74, 6) is 0.946. The second-order valence-corrected chi connectivity index (χ2v) is 6.20. The average Bonchev–Trinajstić information content (AvgIpc) is 2.99. The second-order valence-electron chi connectivity index (χ2n) is 5.33. The van der Waals surface area contributed by atoms with Gasteiger partial charge in [-0.15, -0.1) is 0 Å². The van der Waals surface area contributed by atoms with Crippen molar-refractivity contribution in [2.24, 2.45) is 4.99 Å². The molecule has 5 rings (SSSR count). The lowest BCUT2D eigenvalue weighted by Gasteiger charge is -2.30. The van der Waals surface area contributed by atoms with Crippen LogP contribution in [0.25, 0.3) is 16.5 Å². The number of aliphatic imine (C=N–C) groups is 1. The van der Waals surface area contributed by atoms with Gasteiger partial charge in [-0.1, -0.05) is 42.1 Å². The van der Waals surface area contributed by atoms with E-state index in [9.17, 15) is 0 Å². The van der Waals surface area contributed by atoms with Crippen molar-refractivity contribution in [1.29, 1.82) is 0 Å². The highest BCUT2D eigenvalue weighted by molar-refractivity contribution is 8.16. The fraction of sp³-hybridized carbons (Fsp3) is 0.118. The number of hydrogen-bond donors (Lipinski definition) is 0. The standard InChI is InChI=1S/C17H12N2OS/c1-2-4-13-11(3-1)5-6-14-15(13)16-12(10-20-14)9-19-7-8-21-17(19)18-16/h1-8H,9-10H2. The molecule has 0 amide bonds. The van der Waals surface area contributed by atoms with Crippen LogP contribution in [0.1, 0.15) is 5.56 Å². The Labute approximate surface area is 126 Å². The normalized spacial score (nSPS) is 19.0. The highest BCUT2D eigenvalue weighted by atomic mass is 32.2. The molecule has 2 aromatic carbocycles. The van der Waals surface area contributed by atoms with Gasteiger partial charge in [0.2, 0.25) is 0 Å². The van der Waals surface area contributed by atoms with Gasteiger partial charge in [0, 0.05) is 11.8 Å². The zero-order chi connectivity index (χ0) is 13.8. The predicted octanol–water partition coefficient (Wildman–Crippen LogP) is 3.83. The molecule has 0 N–H and O–H groups in total. The van der Waals surface area contributed by atoms with E-state index in [0.29, 0.717) is 6.61 Å². The second kappa shape index (κ2) is 4.15. The molecule has 3 heterocycles. The van der Waals surface area contributed by atoms with Crippen molar-refractivity contribution in [1.82, 2.24) is 4.90 Å².